The van der Waals surface area contributed by atoms with Gasteiger partial charge in [-0.1, -0.05) is 96.1 Å². The zero-order chi connectivity index (χ0) is 22.5. The van der Waals surface area contributed by atoms with Gasteiger partial charge in [0.15, 0.2) is 5.72 Å². The maximum atomic E-state index is 11.7. The van der Waals surface area contributed by atoms with Crippen LogP contribution in [0.5, 0.6) is 0 Å². The molecule has 8 nitrogen and oxygen atoms in total. The van der Waals surface area contributed by atoms with E-state index in [-0.39, 0.29) is 28.4 Å². The zero-order valence-corrected chi connectivity index (χ0v) is 18.9. The van der Waals surface area contributed by atoms with E-state index in [0.717, 1.165) is 51.4 Å². The van der Waals surface area contributed by atoms with Crippen LogP contribution in [0.2, 0.25) is 0 Å². The van der Waals surface area contributed by atoms with Crippen LogP contribution < -0.4 is 0 Å². The lowest BCUT2D eigenvalue weighted by atomic mass is 9.65. The summed E-state index contributed by atoms with van der Waals surface area (Å²) in [7, 11) is 0. The first kappa shape index (κ1) is 26.7. The van der Waals surface area contributed by atoms with E-state index in [4.69, 9.17) is 0 Å². The van der Waals surface area contributed by atoms with E-state index in [9.17, 15) is 30.8 Å². The Morgan fingerprint density at radius 2 is 1.28 bits per heavy atom. The fourth-order valence-electron chi connectivity index (χ4n) is 4.71. The Balaban J connectivity index is 3.36. The highest BCUT2D eigenvalue weighted by Crippen LogP contribution is 2.53. The Morgan fingerprint density at radius 1 is 0.828 bits per heavy atom. The average Bonchev–Trinajstić information content (AvgIpc) is 2.70. The van der Waals surface area contributed by atoms with Crippen LogP contribution in [0.25, 0.3) is 0 Å². The topological polar surface area (TPSA) is 128 Å². The molecule has 0 bridgehead atoms. The Labute approximate surface area is 175 Å². The second-order valence-electron chi connectivity index (χ2n) is 9.11. The molecule has 1 saturated heterocycles. The van der Waals surface area contributed by atoms with Gasteiger partial charge in [0, 0.05) is 0 Å². The minimum Gasteiger partial charge on any atom is -0.375 e. The van der Waals surface area contributed by atoms with E-state index in [1.165, 1.54) is 0 Å². The molecule has 1 aliphatic rings. The summed E-state index contributed by atoms with van der Waals surface area (Å²) in [5, 5.41) is 63.9. The van der Waals surface area contributed by atoms with Gasteiger partial charge in [0.2, 0.25) is 0 Å². The summed E-state index contributed by atoms with van der Waals surface area (Å²) < 4.78 is 0. The number of aliphatic hydroxyl groups excluding tert-OH is 1. The molecule has 0 aliphatic carbocycles. The van der Waals surface area contributed by atoms with Gasteiger partial charge in [-0.25, -0.2) is 0 Å². The number of hydrogen-bond acceptors (Lipinski definition) is 8. The van der Waals surface area contributed by atoms with Gasteiger partial charge in [0.25, 0.3) is 0 Å². The molecule has 5 atom stereocenters. The van der Waals surface area contributed by atoms with Crippen LogP contribution in [0.3, 0.4) is 0 Å². The van der Waals surface area contributed by atoms with Crippen LogP contribution in [-0.2, 0) is 0 Å². The maximum absolute atomic E-state index is 11.7. The summed E-state index contributed by atoms with van der Waals surface area (Å²) in [5.74, 6) is 0.154. The smallest absolute Gasteiger partial charge is 0.341 e. The number of hydroxylamine groups is 4. The molecular weight excluding hydrogens is 376 g/mol. The lowest BCUT2D eigenvalue weighted by molar-refractivity contribution is -0.581. The quantitative estimate of drug-likeness (QED) is 0.266. The van der Waals surface area contributed by atoms with Gasteiger partial charge in [0.05, 0.1) is 5.41 Å². The highest BCUT2D eigenvalue weighted by Gasteiger charge is 2.69. The Morgan fingerprint density at radius 3 is 1.69 bits per heavy atom. The predicted octanol–water partition coefficient (Wildman–Crippen LogP) is 3.20. The molecular formula is C21H44N2O6. The summed E-state index contributed by atoms with van der Waals surface area (Å²) >= 11 is 0. The summed E-state index contributed by atoms with van der Waals surface area (Å²) in [5.41, 5.74) is -3.55. The number of nitrogens with zero attached hydrogens (tertiary/aromatic N) is 2. The van der Waals surface area contributed by atoms with Gasteiger partial charge in [0.1, 0.15) is 6.23 Å². The van der Waals surface area contributed by atoms with Crippen molar-refractivity contribution >= 4 is 0 Å². The van der Waals surface area contributed by atoms with Crippen molar-refractivity contribution in [2.24, 2.45) is 17.3 Å². The van der Waals surface area contributed by atoms with Crippen LogP contribution in [0, 0.1) is 17.3 Å². The van der Waals surface area contributed by atoms with Gasteiger partial charge >= 0.3 is 6.03 Å². The first-order valence-electron chi connectivity index (χ1n) is 11.3. The molecule has 174 valence electrons. The first-order chi connectivity index (χ1) is 13.5. The summed E-state index contributed by atoms with van der Waals surface area (Å²) in [6.45, 7) is 9.78. The van der Waals surface area contributed by atoms with Crippen molar-refractivity contribution < 1.29 is 30.8 Å². The Bertz CT molecular complexity index is 494. The Kier molecular flexibility index (Phi) is 9.96. The van der Waals surface area contributed by atoms with E-state index >= 15 is 0 Å². The van der Waals surface area contributed by atoms with E-state index < -0.39 is 23.4 Å². The molecule has 0 aromatic rings. The highest BCUT2D eigenvalue weighted by atomic mass is 16.7. The van der Waals surface area contributed by atoms with Crippen molar-refractivity contribution in [2.45, 2.75) is 117 Å². The van der Waals surface area contributed by atoms with Crippen molar-refractivity contribution in [2.75, 3.05) is 0 Å². The molecule has 8 heteroatoms. The van der Waals surface area contributed by atoms with Crippen LogP contribution in [-0.4, -0.2) is 59.0 Å². The molecule has 0 aromatic heterocycles. The summed E-state index contributed by atoms with van der Waals surface area (Å²) in [4.78, 5) is 0. The summed E-state index contributed by atoms with van der Waals surface area (Å²) in [6.07, 6.45) is 5.79. The molecule has 1 heterocycles. The third-order valence-corrected chi connectivity index (χ3v) is 7.03. The van der Waals surface area contributed by atoms with Crippen LogP contribution in [0.15, 0.2) is 0 Å². The van der Waals surface area contributed by atoms with E-state index in [1.54, 1.807) is 6.92 Å². The molecule has 1 rings (SSSR count). The first-order valence-corrected chi connectivity index (χ1v) is 11.3. The van der Waals surface area contributed by atoms with Gasteiger partial charge in [-0.2, -0.15) is 0 Å². The minimum absolute atomic E-state index is 0.0119. The second kappa shape index (κ2) is 10.8. The fourth-order valence-corrected chi connectivity index (χ4v) is 4.71. The monoisotopic (exact) mass is 420 g/mol. The van der Waals surface area contributed by atoms with Gasteiger partial charge in [-0.15, -0.1) is 0 Å². The van der Waals surface area contributed by atoms with Gasteiger partial charge in [-0.3, -0.25) is 0 Å². The number of rotatable bonds is 12. The number of aliphatic hydroxyl groups is 4. The lowest BCUT2D eigenvalue weighted by Gasteiger charge is -2.61. The zero-order valence-electron chi connectivity index (χ0n) is 18.9. The van der Waals surface area contributed by atoms with Crippen molar-refractivity contribution in [3.8, 4) is 0 Å². The molecule has 0 aromatic carbocycles. The third-order valence-electron chi connectivity index (χ3n) is 7.03. The predicted molar refractivity (Wildman–Crippen MR) is 109 cm³/mol. The van der Waals surface area contributed by atoms with Crippen molar-refractivity contribution in [1.29, 1.82) is 0 Å². The number of unbranched alkanes of at least 4 members (excludes halogenated alkanes) is 2. The normalized spacial score (nSPS) is 33.0. The van der Waals surface area contributed by atoms with Crippen LogP contribution in [0.4, 0.5) is 0 Å². The van der Waals surface area contributed by atoms with Crippen molar-refractivity contribution in [3.05, 3.63) is 0 Å². The SMILES string of the molecule is CCCCC(CC)CC1(C)C(O)N(O)C(O)(O)N(O)C1(O)CC(CC)CCCC. The molecule has 29 heavy (non-hydrogen) atoms. The molecule has 5 unspecified atom stereocenters. The minimum atomic E-state index is -3.30. The molecule has 0 saturated carbocycles. The van der Waals surface area contributed by atoms with Crippen LogP contribution in [0.1, 0.15) is 98.8 Å². The highest BCUT2D eigenvalue weighted by molar-refractivity contribution is 5.03. The second-order valence-corrected chi connectivity index (χ2v) is 9.11. The van der Waals surface area contributed by atoms with E-state index in [0.29, 0.717) is 6.42 Å². The fraction of sp³-hybridized carbons (Fsp3) is 1.00. The standard InChI is InChI=1S/C21H44N2O6/c1-6-10-12-16(8-3)14-19(5)18(24)22(28)21(26,27)23(29)20(19,25)15-17(9-4)13-11-7-2/h16-18,24-29H,6-15H2,1-5H3. The van der Waals surface area contributed by atoms with Crippen LogP contribution >= 0.6 is 0 Å². The third kappa shape index (κ3) is 5.30. The van der Waals surface area contributed by atoms with E-state index in [2.05, 4.69) is 13.8 Å². The molecule has 0 spiro atoms. The molecule has 1 fully saturated rings. The lowest BCUT2D eigenvalue weighted by Crippen LogP contribution is -2.81. The van der Waals surface area contributed by atoms with E-state index in [1.807, 2.05) is 13.8 Å². The number of hydrogen-bond donors (Lipinski definition) is 6. The average molecular weight is 421 g/mol. The molecule has 0 amide bonds. The maximum Gasteiger partial charge on any atom is 0.341 e. The molecule has 0 radical (unpaired) electrons. The largest absolute Gasteiger partial charge is 0.375 e. The summed E-state index contributed by atoms with van der Waals surface area (Å²) in [6, 6.07) is -3.30. The molecule has 1 aliphatic heterocycles. The van der Waals surface area contributed by atoms with Crippen molar-refractivity contribution in [3.63, 3.8) is 0 Å². The molecule has 6 N–H and O–H groups in total. The van der Waals surface area contributed by atoms with Crippen molar-refractivity contribution in [1.82, 2.24) is 10.1 Å². The van der Waals surface area contributed by atoms with Gasteiger partial charge < -0.3 is 30.8 Å². The Hall–Kier alpha value is -0.320. The van der Waals surface area contributed by atoms with Gasteiger partial charge in [-0.05, 0) is 24.7 Å².